The summed E-state index contributed by atoms with van der Waals surface area (Å²) in [6.45, 7) is 0.361. The van der Waals surface area contributed by atoms with Crippen LogP contribution in [0.1, 0.15) is 21.5 Å². The second kappa shape index (κ2) is 10.4. The first-order valence-electron chi connectivity index (χ1n) is 9.45. The summed E-state index contributed by atoms with van der Waals surface area (Å²) >= 11 is 9.09. The third-order valence-electron chi connectivity index (χ3n) is 4.30. The van der Waals surface area contributed by atoms with Crippen molar-refractivity contribution in [3.63, 3.8) is 0 Å². The zero-order valence-corrected chi connectivity index (χ0v) is 18.7. The van der Waals surface area contributed by atoms with Crippen molar-refractivity contribution in [2.24, 2.45) is 0 Å². The van der Waals surface area contributed by atoms with Gasteiger partial charge in [-0.3, -0.25) is 10.1 Å². The fourth-order valence-corrected chi connectivity index (χ4v) is 4.58. The predicted octanol–water partition coefficient (Wildman–Crippen LogP) is 6.32. The zero-order chi connectivity index (χ0) is 21.5. The van der Waals surface area contributed by atoms with Crippen LogP contribution in [0, 0.1) is 0 Å². The van der Waals surface area contributed by atoms with E-state index in [0.717, 1.165) is 15.7 Å². The van der Waals surface area contributed by atoms with Crippen LogP contribution in [0.5, 0.6) is 5.75 Å². The summed E-state index contributed by atoms with van der Waals surface area (Å²) in [7, 11) is 0. The lowest BCUT2D eigenvalue weighted by atomic mass is 10.2. The summed E-state index contributed by atoms with van der Waals surface area (Å²) in [5, 5.41) is 12.1. The maximum Gasteiger partial charge on any atom is 0.257 e. The minimum absolute atomic E-state index is 0.242. The van der Waals surface area contributed by atoms with Gasteiger partial charge in [0.05, 0.1) is 0 Å². The average Bonchev–Trinajstić information content (AvgIpc) is 3.25. The highest BCUT2D eigenvalue weighted by molar-refractivity contribution is 8.00. The summed E-state index contributed by atoms with van der Waals surface area (Å²) in [5.41, 5.74) is 2.63. The van der Waals surface area contributed by atoms with Gasteiger partial charge in [0, 0.05) is 21.9 Å². The number of anilines is 1. The van der Waals surface area contributed by atoms with Crippen LogP contribution >= 0.6 is 34.7 Å². The van der Waals surface area contributed by atoms with Crippen LogP contribution in [0.3, 0.4) is 0 Å². The van der Waals surface area contributed by atoms with Crippen molar-refractivity contribution < 1.29 is 9.53 Å². The Kier molecular flexibility index (Phi) is 7.19. The summed E-state index contributed by atoms with van der Waals surface area (Å²) in [4.78, 5) is 12.5. The van der Waals surface area contributed by atoms with Crippen molar-refractivity contribution in [2.75, 3.05) is 5.32 Å². The van der Waals surface area contributed by atoms with Crippen molar-refractivity contribution in [3.8, 4) is 5.75 Å². The van der Waals surface area contributed by atoms with E-state index in [1.54, 1.807) is 36.0 Å². The van der Waals surface area contributed by atoms with Gasteiger partial charge in [-0.15, -0.1) is 10.2 Å². The number of rotatable bonds is 8. The van der Waals surface area contributed by atoms with Crippen LogP contribution in [0.25, 0.3) is 0 Å². The van der Waals surface area contributed by atoms with Crippen molar-refractivity contribution >= 4 is 45.7 Å². The number of benzene rings is 3. The standard InChI is InChI=1S/C23H18ClN3O2S2/c24-20-9-5-4-8-18(20)14-29-19-12-10-17(11-13-19)21(28)25-22-26-27-23(31-22)30-15-16-6-2-1-3-7-16/h1-13H,14-15H2,(H,25,26,28). The van der Waals surface area contributed by atoms with Gasteiger partial charge in [0.2, 0.25) is 5.13 Å². The molecule has 31 heavy (non-hydrogen) atoms. The van der Waals surface area contributed by atoms with Crippen molar-refractivity contribution in [1.29, 1.82) is 0 Å². The van der Waals surface area contributed by atoms with Gasteiger partial charge in [0.1, 0.15) is 12.4 Å². The van der Waals surface area contributed by atoms with Crippen LogP contribution in [0.4, 0.5) is 5.13 Å². The van der Waals surface area contributed by atoms with Crippen LogP contribution in [-0.4, -0.2) is 16.1 Å². The second-order valence-corrected chi connectivity index (χ2v) is 9.11. The van der Waals surface area contributed by atoms with Crippen LogP contribution in [0.15, 0.2) is 83.2 Å². The molecule has 1 aromatic heterocycles. The Hall–Kier alpha value is -2.87. The first-order valence-corrected chi connectivity index (χ1v) is 11.6. The predicted molar refractivity (Wildman–Crippen MR) is 126 cm³/mol. The molecule has 0 spiro atoms. The molecule has 0 saturated carbocycles. The minimum atomic E-state index is -0.242. The van der Waals surface area contributed by atoms with E-state index in [1.807, 2.05) is 42.5 Å². The van der Waals surface area contributed by atoms with Crippen molar-refractivity contribution in [1.82, 2.24) is 10.2 Å². The molecule has 0 unspecified atom stereocenters. The van der Waals surface area contributed by atoms with Crippen molar-refractivity contribution in [3.05, 3.63) is 101 Å². The highest BCUT2D eigenvalue weighted by Crippen LogP contribution is 2.28. The molecule has 1 amide bonds. The monoisotopic (exact) mass is 467 g/mol. The lowest BCUT2D eigenvalue weighted by molar-refractivity contribution is 0.102. The lowest BCUT2D eigenvalue weighted by Crippen LogP contribution is -2.11. The fourth-order valence-electron chi connectivity index (χ4n) is 2.69. The largest absolute Gasteiger partial charge is 0.489 e. The number of carbonyl (C=O) groups excluding carboxylic acids is 1. The Morgan fingerprint density at radius 1 is 0.968 bits per heavy atom. The number of hydrogen-bond acceptors (Lipinski definition) is 6. The molecule has 3 aromatic carbocycles. The molecular weight excluding hydrogens is 450 g/mol. The number of amides is 1. The molecule has 0 atom stereocenters. The number of aromatic nitrogens is 2. The Morgan fingerprint density at radius 2 is 1.71 bits per heavy atom. The molecule has 0 saturated heterocycles. The average molecular weight is 468 g/mol. The van der Waals surface area contributed by atoms with Gasteiger partial charge >= 0.3 is 0 Å². The third kappa shape index (κ3) is 6.07. The number of nitrogens with one attached hydrogen (secondary N) is 1. The number of thioether (sulfide) groups is 1. The van der Waals surface area contributed by atoms with E-state index in [9.17, 15) is 4.79 Å². The maximum absolute atomic E-state index is 12.5. The van der Waals surface area contributed by atoms with E-state index in [0.29, 0.717) is 28.1 Å². The summed E-state index contributed by atoms with van der Waals surface area (Å²) < 4.78 is 6.56. The van der Waals surface area contributed by atoms with Crippen LogP contribution in [-0.2, 0) is 12.4 Å². The molecule has 4 aromatic rings. The highest BCUT2D eigenvalue weighted by Gasteiger charge is 2.11. The molecule has 0 aliphatic heterocycles. The molecule has 0 aliphatic carbocycles. The highest BCUT2D eigenvalue weighted by atomic mass is 35.5. The topological polar surface area (TPSA) is 64.1 Å². The first-order chi connectivity index (χ1) is 15.2. The molecule has 156 valence electrons. The van der Waals surface area contributed by atoms with E-state index in [-0.39, 0.29) is 5.91 Å². The minimum Gasteiger partial charge on any atom is -0.489 e. The summed E-state index contributed by atoms with van der Waals surface area (Å²) in [5.74, 6) is 1.22. The molecule has 0 bridgehead atoms. The molecule has 0 radical (unpaired) electrons. The van der Waals surface area contributed by atoms with Gasteiger partial charge in [-0.1, -0.05) is 83.2 Å². The van der Waals surface area contributed by atoms with E-state index in [1.165, 1.54) is 16.9 Å². The second-order valence-electron chi connectivity index (χ2n) is 6.51. The third-order valence-corrected chi connectivity index (χ3v) is 6.71. The fraction of sp³-hybridized carbons (Fsp3) is 0.0870. The van der Waals surface area contributed by atoms with E-state index in [4.69, 9.17) is 16.3 Å². The number of hydrogen-bond donors (Lipinski definition) is 1. The van der Waals surface area contributed by atoms with Gasteiger partial charge in [0.25, 0.3) is 5.91 Å². The maximum atomic E-state index is 12.5. The Morgan fingerprint density at radius 3 is 2.48 bits per heavy atom. The molecule has 8 heteroatoms. The molecule has 0 fully saturated rings. The molecule has 1 N–H and O–H groups in total. The van der Waals surface area contributed by atoms with Crippen LogP contribution < -0.4 is 10.1 Å². The molecule has 0 aliphatic rings. The van der Waals surface area contributed by atoms with Crippen LogP contribution in [0.2, 0.25) is 5.02 Å². The van der Waals surface area contributed by atoms with Gasteiger partial charge in [-0.25, -0.2) is 0 Å². The van der Waals surface area contributed by atoms with E-state index in [2.05, 4.69) is 27.6 Å². The lowest BCUT2D eigenvalue weighted by Gasteiger charge is -2.08. The van der Waals surface area contributed by atoms with E-state index < -0.39 is 0 Å². The molecule has 5 nitrogen and oxygen atoms in total. The van der Waals surface area contributed by atoms with Gasteiger partial charge in [0.15, 0.2) is 4.34 Å². The molecular formula is C23H18ClN3O2S2. The zero-order valence-electron chi connectivity index (χ0n) is 16.3. The Labute approximate surface area is 193 Å². The number of ether oxygens (including phenoxy) is 1. The molecule has 4 rings (SSSR count). The normalized spacial score (nSPS) is 10.6. The summed E-state index contributed by atoms with van der Waals surface area (Å²) in [6.07, 6.45) is 0. The molecule has 1 heterocycles. The van der Waals surface area contributed by atoms with Gasteiger partial charge in [-0.2, -0.15) is 0 Å². The number of nitrogens with zero attached hydrogens (tertiary/aromatic N) is 2. The van der Waals surface area contributed by atoms with Gasteiger partial charge in [-0.05, 0) is 35.9 Å². The smallest absolute Gasteiger partial charge is 0.257 e. The Bertz CT molecular complexity index is 1150. The Balaban J connectivity index is 1.29. The first kappa shape index (κ1) is 21.4. The summed E-state index contributed by atoms with van der Waals surface area (Å²) in [6, 6.07) is 24.6. The SMILES string of the molecule is O=C(Nc1nnc(SCc2ccccc2)s1)c1ccc(OCc2ccccc2Cl)cc1. The van der Waals surface area contributed by atoms with Crippen molar-refractivity contribution in [2.45, 2.75) is 16.7 Å². The quantitative estimate of drug-likeness (QED) is 0.243. The number of carbonyl (C=O) groups is 1. The van der Waals surface area contributed by atoms with Gasteiger partial charge < -0.3 is 4.74 Å². The number of halogens is 1. The van der Waals surface area contributed by atoms with E-state index >= 15 is 0 Å².